The molecule has 152 valence electrons. The van der Waals surface area contributed by atoms with Crippen molar-refractivity contribution in [3.63, 3.8) is 0 Å². The van der Waals surface area contributed by atoms with Gasteiger partial charge in [0.25, 0.3) is 0 Å². The van der Waals surface area contributed by atoms with E-state index in [0.717, 1.165) is 6.42 Å². The van der Waals surface area contributed by atoms with Crippen LogP contribution >= 0.6 is 39.1 Å². The van der Waals surface area contributed by atoms with Crippen molar-refractivity contribution in [1.29, 1.82) is 0 Å². The molecule has 0 spiro atoms. The van der Waals surface area contributed by atoms with Crippen LogP contribution in [0.15, 0.2) is 45.5 Å². The number of methoxy groups -OCH3 is 1. The normalized spacial score (nSPS) is 15.9. The van der Waals surface area contributed by atoms with Gasteiger partial charge >= 0.3 is 5.97 Å². The Morgan fingerprint density at radius 2 is 2.00 bits per heavy atom. The molecule has 0 radical (unpaired) electrons. The molecule has 1 heterocycles. The van der Waals surface area contributed by atoms with E-state index in [1.807, 2.05) is 19.9 Å². The van der Waals surface area contributed by atoms with Gasteiger partial charge in [-0.05, 0) is 71.2 Å². The zero-order chi connectivity index (χ0) is 21.1. The maximum Gasteiger partial charge on any atom is 0.363 e. The van der Waals surface area contributed by atoms with Gasteiger partial charge in [-0.15, -0.1) is 0 Å². The van der Waals surface area contributed by atoms with Crippen LogP contribution in [0.2, 0.25) is 10.0 Å². The Balaban J connectivity index is 1.94. The fraction of sp³-hybridized carbons (Fsp3) is 0.238. The molecule has 5 nitrogen and oxygen atoms in total. The van der Waals surface area contributed by atoms with Crippen LogP contribution in [0.1, 0.15) is 31.4 Å². The fourth-order valence-electron chi connectivity index (χ4n) is 2.54. The molecule has 0 bridgehead atoms. The van der Waals surface area contributed by atoms with Crippen LogP contribution in [0.3, 0.4) is 0 Å². The first-order chi connectivity index (χ1) is 13.8. The summed E-state index contributed by atoms with van der Waals surface area (Å²) in [5.74, 6) is 0.772. The lowest BCUT2D eigenvalue weighted by Gasteiger charge is -2.17. The van der Waals surface area contributed by atoms with Crippen molar-refractivity contribution in [2.75, 3.05) is 7.11 Å². The molecule has 0 fully saturated rings. The summed E-state index contributed by atoms with van der Waals surface area (Å²) >= 11 is 15.5. The maximum atomic E-state index is 12.3. The molecular weight excluding hydrogens is 481 g/mol. The summed E-state index contributed by atoms with van der Waals surface area (Å²) in [6.07, 6.45) is 2.51. The SMILES string of the molecule is CCC(C)Oc1c(Br)cc(/C=C2\N=C(c3ccc(Cl)c(Cl)c3)OC2=O)cc1OC. The molecule has 1 atom stereocenters. The molecule has 0 N–H and O–H groups in total. The van der Waals surface area contributed by atoms with Gasteiger partial charge in [0.2, 0.25) is 5.90 Å². The van der Waals surface area contributed by atoms with E-state index < -0.39 is 5.97 Å². The predicted molar refractivity (Wildman–Crippen MR) is 118 cm³/mol. The highest BCUT2D eigenvalue weighted by Crippen LogP contribution is 2.38. The number of benzene rings is 2. The van der Waals surface area contributed by atoms with E-state index in [-0.39, 0.29) is 17.7 Å². The van der Waals surface area contributed by atoms with Gasteiger partial charge in [-0.1, -0.05) is 30.1 Å². The Morgan fingerprint density at radius 3 is 2.66 bits per heavy atom. The van der Waals surface area contributed by atoms with Gasteiger partial charge in [0.15, 0.2) is 17.2 Å². The smallest absolute Gasteiger partial charge is 0.363 e. The predicted octanol–water partition coefficient (Wildman–Crippen LogP) is 6.29. The average molecular weight is 499 g/mol. The number of cyclic esters (lactones) is 1. The number of esters is 1. The van der Waals surface area contributed by atoms with Crippen molar-refractivity contribution in [3.05, 3.63) is 61.7 Å². The lowest BCUT2D eigenvalue weighted by atomic mass is 10.1. The zero-order valence-corrected chi connectivity index (χ0v) is 19.1. The van der Waals surface area contributed by atoms with E-state index in [2.05, 4.69) is 20.9 Å². The van der Waals surface area contributed by atoms with Gasteiger partial charge in [0.05, 0.1) is 27.7 Å². The van der Waals surface area contributed by atoms with Crippen LogP contribution in [0.5, 0.6) is 11.5 Å². The Labute approximate surface area is 187 Å². The third kappa shape index (κ3) is 4.94. The molecule has 0 saturated heterocycles. The topological polar surface area (TPSA) is 57.1 Å². The van der Waals surface area contributed by atoms with E-state index in [0.29, 0.717) is 37.1 Å². The summed E-state index contributed by atoms with van der Waals surface area (Å²) in [7, 11) is 1.56. The molecule has 29 heavy (non-hydrogen) atoms. The Kier molecular flexibility index (Phi) is 6.88. The number of nitrogens with zero attached hydrogens (tertiary/aromatic N) is 1. The van der Waals surface area contributed by atoms with E-state index >= 15 is 0 Å². The quantitative estimate of drug-likeness (QED) is 0.347. The standard InChI is InChI=1S/C21H18BrCl2NO4/c1-4-11(2)28-19-14(22)7-12(9-18(19)27-3)8-17-21(26)29-20(25-17)13-5-6-15(23)16(24)10-13/h5-11H,4H2,1-3H3/b17-8-. The van der Waals surface area contributed by atoms with Gasteiger partial charge in [-0.3, -0.25) is 0 Å². The highest BCUT2D eigenvalue weighted by Gasteiger charge is 2.25. The van der Waals surface area contributed by atoms with E-state index in [1.54, 1.807) is 37.5 Å². The van der Waals surface area contributed by atoms with Crippen molar-refractivity contribution < 1.29 is 19.0 Å². The third-order valence-electron chi connectivity index (χ3n) is 4.24. The van der Waals surface area contributed by atoms with Gasteiger partial charge in [0.1, 0.15) is 0 Å². The van der Waals surface area contributed by atoms with Crippen molar-refractivity contribution in [1.82, 2.24) is 0 Å². The molecule has 3 rings (SSSR count). The van der Waals surface area contributed by atoms with E-state index in [1.165, 1.54) is 0 Å². The van der Waals surface area contributed by atoms with Crippen molar-refractivity contribution in [2.45, 2.75) is 26.4 Å². The minimum atomic E-state index is -0.555. The van der Waals surface area contributed by atoms with Crippen LogP contribution in [0, 0.1) is 0 Å². The molecule has 0 amide bonds. The number of hydrogen-bond donors (Lipinski definition) is 0. The number of hydrogen-bond acceptors (Lipinski definition) is 5. The summed E-state index contributed by atoms with van der Waals surface area (Å²) in [5.41, 5.74) is 1.43. The summed E-state index contributed by atoms with van der Waals surface area (Å²) in [4.78, 5) is 16.6. The Hall–Kier alpha value is -2.02. The summed E-state index contributed by atoms with van der Waals surface area (Å²) in [6.45, 7) is 4.02. The highest BCUT2D eigenvalue weighted by molar-refractivity contribution is 9.10. The second-order valence-corrected chi connectivity index (χ2v) is 8.00. The maximum absolute atomic E-state index is 12.3. The molecule has 1 aliphatic rings. The van der Waals surface area contributed by atoms with Crippen LogP contribution < -0.4 is 9.47 Å². The molecule has 0 aliphatic carbocycles. The van der Waals surface area contributed by atoms with Crippen LogP contribution in [0.25, 0.3) is 6.08 Å². The van der Waals surface area contributed by atoms with E-state index in [4.69, 9.17) is 37.4 Å². The first kappa shape index (κ1) is 21.7. The molecule has 2 aromatic carbocycles. The number of carbonyl (C=O) groups is 1. The molecule has 8 heteroatoms. The van der Waals surface area contributed by atoms with Crippen molar-refractivity contribution in [2.24, 2.45) is 4.99 Å². The average Bonchev–Trinajstić information content (AvgIpc) is 3.05. The first-order valence-corrected chi connectivity index (χ1v) is 10.4. The summed E-state index contributed by atoms with van der Waals surface area (Å²) in [5, 5.41) is 0.763. The van der Waals surface area contributed by atoms with Gasteiger partial charge < -0.3 is 14.2 Å². The number of aliphatic imine (C=N–C) groups is 1. The molecule has 2 aromatic rings. The number of carbonyl (C=O) groups excluding carboxylic acids is 1. The molecule has 1 aliphatic heterocycles. The van der Waals surface area contributed by atoms with Crippen LogP contribution in [-0.4, -0.2) is 25.1 Å². The summed E-state index contributed by atoms with van der Waals surface area (Å²) in [6, 6.07) is 8.50. The molecular formula is C21H18BrCl2NO4. The van der Waals surface area contributed by atoms with Crippen LogP contribution in [-0.2, 0) is 9.53 Å². The molecule has 0 aromatic heterocycles. The third-order valence-corrected chi connectivity index (χ3v) is 5.56. The fourth-order valence-corrected chi connectivity index (χ4v) is 3.39. The largest absolute Gasteiger partial charge is 0.493 e. The van der Waals surface area contributed by atoms with Gasteiger partial charge in [-0.2, -0.15) is 0 Å². The highest BCUT2D eigenvalue weighted by atomic mass is 79.9. The first-order valence-electron chi connectivity index (χ1n) is 8.84. The second kappa shape index (κ2) is 9.20. The minimum absolute atomic E-state index is 0.0348. The van der Waals surface area contributed by atoms with Crippen molar-refractivity contribution in [3.8, 4) is 11.5 Å². The second-order valence-electron chi connectivity index (χ2n) is 6.34. The van der Waals surface area contributed by atoms with E-state index in [9.17, 15) is 4.79 Å². The monoisotopic (exact) mass is 497 g/mol. The summed E-state index contributed by atoms with van der Waals surface area (Å²) < 4.78 is 17.4. The minimum Gasteiger partial charge on any atom is -0.493 e. The lowest BCUT2D eigenvalue weighted by Crippen LogP contribution is -2.11. The van der Waals surface area contributed by atoms with Gasteiger partial charge in [0, 0.05) is 5.56 Å². The number of rotatable bonds is 6. The Morgan fingerprint density at radius 1 is 1.24 bits per heavy atom. The number of halogens is 3. The zero-order valence-electron chi connectivity index (χ0n) is 16.0. The van der Waals surface area contributed by atoms with Crippen LogP contribution in [0.4, 0.5) is 0 Å². The van der Waals surface area contributed by atoms with Crippen molar-refractivity contribution >= 4 is 57.1 Å². The molecule has 0 saturated carbocycles. The van der Waals surface area contributed by atoms with Gasteiger partial charge in [-0.25, -0.2) is 9.79 Å². The lowest BCUT2D eigenvalue weighted by molar-refractivity contribution is -0.129. The Bertz CT molecular complexity index is 1020. The molecule has 1 unspecified atom stereocenters. The number of ether oxygens (including phenoxy) is 3.